The Labute approximate surface area is 160 Å². The summed E-state index contributed by atoms with van der Waals surface area (Å²) in [6, 6.07) is 0. The van der Waals surface area contributed by atoms with Crippen LogP contribution in [-0.2, 0) is 33.9 Å². The molecule has 11 heteroatoms. The number of nitrogens with zero attached hydrogens (tertiary/aromatic N) is 6. The second kappa shape index (κ2) is 8.53. The fourth-order valence-corrected chi connectivity index (χ4v) is 3.70. The van der Waals surface area contributed by atoms with Crippen molar-refractivity contribution in [3.05, 3.63) is 16.7 Å². The third-order valence-corrected chi connectivity index (χ3v) is 5.08. The maximum Gasteiger partial charge on any atom is 0.229 e. The average molecular weight is 394 g/mol. The normalized spacial score (nSPS) is 16.9. The summed E-state index contributed by atoms with van der Waals surface area (Å²) < 4.78 is 10.2. The van der Waals surface area contributed by atoms with Crippen LogP contribution in [0.25, 0.3) is 0 Å². The van der Waals surface area contributed by atoms with Gasteiger partial charge in [-0.2, -0.15) is 4.98 Å². The van der Waals surface area contributed by atoms with Crippen molar-refractivity contribution in [3.63, 3.8) is 0 Å². The molecule has 0 radical (unpaired) electrons. The van der Waals surface area contributed by atoms with Crippen molar-refractivity contribution in [2.45, 2.75) is 39.3 Å². The van der Waals surface area contributed by atoms with Crippen LogP contribution in [-0.4, -0.2) is 57.8 Å². The number of aryl methyl sites for hydroxylation is 1. The van der Waals surface area contributed by atoms with E-state index in [-0.39, 0.29) is 31.3 Å². The number of aromatic nitrogens is 4. The van der Waals surface area contributed by atoms with Crippen molar-refractivity contribution in [3.8, 4) is 0 Å². The number of hydrogen-bond donors (Lipinski definition) is 0. The summed E-state index contributed by atoms with van der Waals surface area (Å²) in [5.74, 6) is 0.336. The number of methoxy groups -OCH3 is 1. The van der Waals surface area contributed by atoms with Crippen molar-refractivity contribution in [2.24, 2.45) is 5.92 Å². The summed E-state index contributed by atoms with van der Waals surface area (Å²) in [6.45, 7) is 2.90. The van der Waals surface area contributed by atoms with Crippen LogP contribution >= 0.6 is 11.3 Å². The summed E-state index contributed by atoms with van der Waals surface area (Å²) in [4.78, 5) is 32.4. The minimum atomic E-state index is -0.431. The van der Waals surface area contributed by atoms with Crippen LogP contribution in [0.1, 0.15) is 36.5 Å². The second-order valence-corrected chi connectivity index (χ2v) is 7.41. The Morgan fingerprint density at radius 1 is 1.44 bits per heavy atom. The number of anilines is 1. The molecule has 0 N–H and O–H groups in total. The molecule has 3 heterocycles. The van der Waals surface area contributed by atoms with Gasteiger partial charge in [0.2, 0.25) is 22.8 Å². The SMILES string of the molecule is CCCc1nc(CN(C)C(=O)C2CC(=O)N(c3nnc(COC)s3)C2)no1. The number of carbonyl (C=O) groups excluding carboxylic acids is 2. The fourth-order valence-electron chi connectivity index (χ4n) is 2.87. The largest absolute Gasteiger partial charge is 0.377 e. The smallest absolute Gasteiger partial charge is 0.229 e. The monoisotopic (exact) mass is 394 g/mol. The molecule has 0 saturated carbocycles. The summed E-state index contributed by atoms with van der Waals surface area (Å²) in [5.41, 5.74) is 0. The highest BCUT2D eigenvalue weighted by Crippen LogP contribution is 2.29. The van der Waals surface area contributed by atoms with E-state index in [1.54, 1.807) is 14.2 Å². The van der Waals surface area contributed by atoms with Crippen molar-refractivity contribution in [1.29, 1.82) is 0 Å². The Bertz CT molecular complexity index is 806. The lowest BCUT2D eigenvalue weighted by Gasteiger charge is -2.19. The second-order valence-electron chi connectivity index (χ2n) is 6.37. The van der Waals surface area contributed by atoms with Crippen molar-refractivity contribution in [1.82, 2.24) is 25.2 Å². The van der Waals surface area contributed by atoms with Gasteiger partial charge in [0.15, 0.2) is 5.82 Å². The maximum atomic E-state index is 12.7. The quantitative estimate of drug-likeness (QED) is 0.652. The van der Waals surface area contributed by atoms with Gasteiger partial charge in [0.25, 0.3) is 0 Å². The Morgan fingerprint density at radius 3 is 3.00 bits per heavy atom. The van der Waals surface area contributed by atoms with Gasteiger partial charge in [-0.3, -0.25) is 14.5 Å². The van der Waals surface area contributed by atoms with Gasteiger partial charge in [0.05, 0.1) is 12.5 Å². The van der Waals surface area contributed by atoms with Gasteiger partial charge in [0.1, 0.15) is 11.6 Å². The van der Waals surface area contributed by atoms with Crippen molar-refractivity contribution in [2.75, 3.05) is 25.6 Å². The van der Waals surface area contributed by atoms with Crippen molar-refractivity contribution < 1.29 is 18.8 Å². The zero-order valence-corrected chi connectivity index (χ0v) is 16.4. The molecule has 1 atom stereocenters. The zero-order chi connectivity index (χ0) is 19.4. The Balaban J connectivity index is 1.60. The Morgan fingerprint density at radius 2 is 2.26 bits per heavy atom. The first-order valence-electron chi connectivity index (χ1n) is 8.70. The maximum absolute atomic E-state index is 12.7. The third kappa shape index (κ3) is 4.48. The van der Waals surface area contributed by atoms with Gasteiger partial charge in [0, 0.05) is 33.5 Å². The van der Waals surface area contributed by atoms with E-state index in [1.807, 2.05) is 6.92 Å². The van der Waals surface area contributed by atoms with E-state index in [0.29, 0.717) is 34.9 Å². The average Bonchev–Trinajstić information content (AvgIpc) is 3.35. The van der Waals surface area contributed by atoms with Crippen LogP contribution < -0.4 is 4.90 Å². The first-order valence-corrected chi connectivity index (χ1v) is 9.51. The lowest BCUT2D eigenvalue weighted by Crippen LogP contribution is -2.34. The van der Waals surface area contributed by atoms with Crippen molar-refractivity contribution >= 4 is 28.3 Å². The standard InChI is InChI=1S/C16H22N6O4S/c1-4-5-12-17-11(20-26-12)8-21(2)15(24)10-6-14(23)22(7-10)16-19-18-13(27-16)9-25-3/h10H,4-9H2,1-3H3. The molecular weight excluding hydrogens is 372 g/mol. The molecule has 1 aliphatic heterocycles. The lowest BCUT2D eigenvalue weighted by atomic mass is 10.1. The number of amides is 2. The van der Waals surface area contributed by atoms with Crippen LogP contribution in [0.4, 0.5) is 5.13 Å². The first-order chi connectivity index (χ1) is 13.0. The van der Waals surface area contributed by atoms with E-state index in [9.17, 15) is 9.59 Å². The summed E-state index contributed by atoms with van der Waals surface area (Å²) in [6.07, 6.45) is 1.77. The number of hydrogen-bond acceptors (Lipinski definition) is 9. The predicted octanol–water partition coefficient (Wildman–Crippen LogP) is 1.03. The number of ether oxygens (including phenoxy) is 1. The number of rotatable bonds is 8. The van der Waals surface area contributed by atoms with Crippen LogP contribution in [0.15, 0.2) is 4.52 Å². The molecule has 10 nitrogen and oxygen atoms in total. The highest BCUT2D eigenvalue weighted by molar-refractivity contribution is 7.15. The van der Waals surface area contributed by atoms with E-state index < -0.39 is 5.92 Å². The molecule has 146 valence electrons. The van der Waals surface area contributed by atoms with Gasteiger partial charge in [-0.25, -0.2) is 0 Å². The van der Waals surface area contributed by atoms with E-state index in [4.69, 9.17) is 9.26 Å². The molecule has 0 bridgehead atoms. The highest BCUT2D eigenvalue weighted by Gasteiger charge is 2.38. The van der Waals surface area contributed by atoms with Gasteiger partial charge in [-0.15, -0.1) is 10.2 Å². The van der Waals surface area contributed by atoms with Crippen LogP contribution in [0.2, 0.25) is 0 Å². The summed E-state index contributed by atoms with van der Waals surface area (Å²) >= 11 is 1.29. The van der Waals surface area contributed by atoms with Crippen LogP contribution in [0.3, 0.4) is 0 Å². The van der Waals surface area contributed by atoms with E-state index >= 15 is 0 Å². The minimum Gasteiger partial charge on any atom is -0.377 e. The molecule has 0 aliphatic carbocycles. The summed E-state index contributed by atoms with van der Waals surface area (Å²) in [5, 5.41) is 13.1. The van der Waals surface area contributed by atoms with Crippen LogP contribution in [0, 0.1) is 5.92 Å². The molecule has 0 spiro atoms. The van der Waals surface area contributed by atoms with Gasteiger partial charge in [-0.1, -0.05) is 23.4 Å². The minimum absolute atomic E-state index is 0.130. The molecule has 27 heavy (non-hydrogen) atoms. The molecule has 2 aromatic heterocycles. The molecular formula is C16H22N6O4S. The topological polar surface area (TPSA) is 115 Å². The van der Waals surface area contributed by atoms with Gasteiger partial charge >= 0.3 is 0 Å². The first kappa shape index (κ1) is 19.4. The van der Waals surface area contributed by atoms with Gasteiger partial charge in [-0.05, 0) is 6.42 Å². The highest BCUT2D eigenvalue weighted by atomic mass is 32.1. The van der Waals surface area contributed by atoms with Gasteiger partial charge < -0.3 is 14.2 Å². The Hall–Kier alpha value is -2.40. The predicted molar refractivity (Wildman–Crippen MR) is 95.8 cm³/mol. The summed E-state index contributed by atoms with van der Waals surface area (Å²) in [7, 11) is 3.24. The van der Waals surface area contributed by atoms with E-state index in [2.05, 4.69) is 20.3 Å². The Kier molecular flexibility index (Phi) is 6.11. The van der Waals surface area contributed by atoms with Crippen LogP contribution in [0.5, 0.6) is 0 Å². The lowest BCUT2D eigenvalue weighted by molar-refractivity contribution is -0.135. The molecule has 0 aromatic carbocycles. The third-order valence-electron chi connectivity index (χ3n) is 4.16. The molecule has 1 aliphatic rings. The molecule has 1 fully saturated rings. The fraction of sp³-hybridized carbons (Fsp3) is 0.625. The number of carbonyl (C=O) groups is 2. The van der Waals surface area contributed by atoms with E-state index in [1.165, 1.54) is 21.1 Å². The zero-order valence-electron chi connectivity index (χ0n) is 15.5. The molecule has 3 rings (SSSR count). The molecule has 1 unspecified atom stereocenters. The molecule has 1 saturated heterocycles. The molecule has 2 amide bonds. The van der Waals surface area contributed by atoms with E-state index in [0.717, 1.165) is 6.42 Å². The molecule has 2 aromatic rings.